The molecule has 0 aromatic carbocycles. The number of hydrogen-bond acceptors (Lipinski definition) is 5. The van der Waals surface area contributed by atoms with Gasteiger partial charge in [0.1, 0.15) is 5.60 Å². The van der Waals surface area contributed by atoms with Gasteiger partial charge in [-0.3, -0.25) is 4.79 Å². The van der Waals surface area contributed by atoms with E-state index in [2.05, 4.69) is 9.88 Å². The Morgan fingerprint density at radius 1 is 1.31 bits per heavy atom. The van der Waals surface area contributed by atoms with Gasteiger partial charge in [0.15, 0.2) is 0 Å². The third-order valence-electron chi connectivity index (χ3n) is 6.30. The lowest BCUT2D eigenvalue weighted by Crippen LogP contribution is -2.49. The molecule has 1 saturated carbocycles. The van der Waals surface area contributed by atoms with Crippen LogP contribution in [0.1, 0.15) is 56.2 Å². The van der Waals surface area contributed by atoms with E-state index in [4.69, 9.17) is 9.72 Å². The first-order valence-electron chi connectivity index (χ1n) is 10.0. The predicted molar refractivity (Wildman–Crippen MR) is 100 cm³/mol. The number of rotatable bonds is 3. The molecule has 3 aliphatic rings. The molecule has 0 unspecified atom stereocenters. The number of ether oxygens (including phenoxy) is 1. The molecule has 1 amide bonds. The van der Waals surface area contributed by atoms with Gasteiger partial charge in [-0.25, -0.2) is 9.97 Å². The van der Waals surface area contributed by atoms with Crippen LogP contribution in [0.4, 0.5) is 5.95 Å². The summed E-state index contributed by atoms with van der Waals surface area (Å²) in [6.07, 6.45) is 10.3. The Hall–Kier alpha value is -1.69. The Morgan fingerprint density at radius 3 is 2.73 bits per heavy atom. The second kappa shape index (κ2) is 7.14. The number of likely N-dealkylation sites (tertiary alicyclic amines) is 1. The number of carbonyl (C=O) groups excluding carboxylic acids is 1. The molecule has 6 nitrogen and oxygen atoms in total. The van der Waals surface area contributed by atoms with Crippen LogP contribution in [0.3, 0.4) is 0 Å². The number of carbonyl (C=O) groups is 1. The summed E-state index contributed by atoms with van der Waals surface area (Å²) in [5.74, 6) is 1.67. The van der Waals surface area contributed by atoms with Crippen molar-refractivity contribution in [2.24, 2.45) is 5.92 Å². The monoisotopic (exact) mass is 358 g/mol. The molecule has 0 radical (unpaired) electrons. The van der Waals surface area contributed by atoms with E-state index in [1.54, 1.807) is 0 Å². The summed E-state index contributed by atoms with van der Waals surface area (Å²) in [5, 5.41) is 0. The zero-order valence-electron chi connectivity index (χ0n) is 16.0. The summed E-state index contributed by atoms with van der Waals surface area (Å²) >= 11 is 0. The molecule has 0 N–H and O–H groups in total. The van der Waals surface area contributed by atoms with Crippen molar-refractivity contribution >= 4 is 11.9 Å². The molecule has 4 rings (SSSR count). The first-order valence-corrected chi connectivity index (χ1v) is 10.0. The largest absolute Gasteiger partial charge is 0.368 e. The van der Waals surface area contributed by atoms with Crippen LogP contribution >= 0.6 is 0 Å². The second-order valence-electron chi connectivity index (χ2n) is 8.27. The number of piperidine rings is 1. The highest BCUT2D eigenvalue weighted by Gasteiger charge is 2.43. The van der Waals surface area contributed by atoms with Crippen molar-refractivity contribution in [3.63, 3.8) is 0 Å². The summed E-state index contributed by atoms with van der Waals surface area (Å²) < 4.78 is 6.28. The van der Waals surface area contributed by atoms with Gasteiger partial charge >= 0.3 is 0 Å². The molecule has 2 aliphatic heterocycles. The summed E-state index contributed by atoms with van der Waals surface area (Å²) in [4.78, 5) is 25.9. The van der Waals surface area contributed by atoms with E-state index in [1.807, 2.05) is 25.2 Å². The Bertz CT molecular complexity index is 662. The minimum absolute atomic E-state index is 0.333. The summed E-state index contributed by atoms with van der Waals surface area (Å²) in [7, 11) is 3.92. The maximum absolute atomic E-state index is 12.7. The van der Waals surface area contributed by atoms with Crippen LogP contribution < -0.4 is 4.90 Å². The van der Waals surface area contributed by atoms with Gasteiger partial charge in [-0.05, 0) is 43.6 Å². The fourth-order valence-electron chi connectivity index (χ4n) is 4.70. The van der Waals surface area contributed by atoms with Gasteiger partial charge in [0.25, 0.3) is 0 Å². The predicted octanol–water partition coefficient (Wildman–Crippen LogP) is 2.51. The van der Waals surface area contributed by atoms with Gasteiger partial charge in [-0.1, -0.05) is 12.8 Å². The van der Waals surface area contributed by atoms with Crippen LogP contribution in [-0.4, -0.2) is 54.6 Å². The third-order valence-corrected chi connectivity index (χ3v) is 6.30. The molecule has 0 bridgehead atoms. The summed E-state index contributed by atoms with van der Waals surface area (Å²) in [5.41, 5.74) is 1.91. The fraction of sp³-hybridized carbons (Fsp3) is 0.750. The van der Waals surface area contributed by atoms with Crippen LogP contribution in [0.15, 0.2) is 6.20 Å². The lowest BCUT2D eigenvalue weighted by Gasteiger charge is -2.44. The maximum Gasteiger partial charge on any atom is 0.225 e. The van der Waals surface area contributed by atoms with Crippen LogP contribution in [-0.2, 0) is 21.6 Å². The quantitative estimate of drug-likeness (QED) is 0.831. The molecule has 1 spiro atoms. The summed E-state index contributed by atoms with van der Waals surface area (Å²) in [6, 6.07) is 0. The molecule has 1 aromatic heterocycles. The number of fused-ring (bicyclic) bond motifs is 2. The number of amides is 1. The van der Waals surface area contributed by atoms with Crippen LogP contribution in [0.2, 0.25) is 0 Å². The topological polar surface area (TPSA) is 58.6 Å². The van der Waals surface area contributed by atoms with Crippen molar-refractivity contribution in [1.29, 1.82) is 0 Å². The van der Waals surface area contributed by atoms with Gasteiger partial charge in [-0.2, -0.15) is 0 Å². The Morgan fingerprint density at radius 2 is 2.04 bits per heavy atom. The van der Waals surface area contributed by atoms with Crippen molar-refractivity contribution in [2.45, 2.75) is 57.0 Å². The molecule has 2 fully saturated rings. The van der Waals surface area contributed by atoms with E-state index in [-0.39, 0.29) is 5.60 Å². The van der Waals surface area contributed by atoms with E-state index >= 15 is 0 Å². The molecule has 1 aliphatic carbocycles. The van der Waals surface area contributed by atoms with Crippen LogP contribution in [0.25, 0.3) is 0 Å². The number of nitrogens with zero attached hydrogens (tertiary/aromatic N) is 4. The average molecular weight is 358 g/mol. The van der Waals surface area contributed by atoms with E-state index < -0.39 is 0 Å². The minimum atomic E-state index is -0.342. The van der Waals surface area contributed by atoms with Gasteiger partial charge in [0, 0.05) is 39.8 Å². The van der Waals surface area contributed by atoms with Crippen LogP contribution in [0.5, 0.6) is 0 Å². The zero-order chi connectivity index (χ0) is 18.1. The highest BCUT2D eigenvalue weighted by molar-refractivity contribution is 5.76. The van der Waals surface area contributed by atoms with Crippen LogP contribution in [0, 0.1) is 5.92 Å². The van der Waals surface area contributed by atoms with Gasteiger partial charge in [-0.15, -0.1) is 0 Å². The van der Waals surface area contributed by atoms with Crippen molar-refractivity contribution < 1.29 is 9.53 Å². The Labute approximate surface area is 155 Å². The normalized spacial score (nSPS) is 22.5. The maximum atomic E-state index is 12.7. The molecule has 26 heavy (non-hydrogen) atoms. The molecular formula is C20H30N4O2. The van der Waals surface area contributed by atoms with Gasteiger partial charge in [0.05, 0.1) is 12.3 Å². The van der Waals surface area contributed by atoms with E-state index in [9.17, 15) is 4.79 Å². The first kappa shape index (κ1) is 17.7. The molecule has 1 aromatic rings. The molecule has 142 valence electrons. The van der Waals surface area contributed by atoms with E-state index in [0.29, 0.717) is 18.4 Å². The molecule has 1 saturated heterocycles. The summed E-state index contributed by atoms with van der Waals surface area (Å²) in [6.45, 7) is 2.26. The first-order chi connectivity index (χ1) is 12.6. The van der Waals surface area contributed by atoms with Crippen molar-refractivity contribution in [1.82, 2.24) is 14.9 Å². The van der Waals surface area contributed by atoms with Gasteiger partial charge < -0.3 is 14.5 Å². The second-order valence-corrected chi connectivity index (χ2v) is 8.27. The fourth-order valence-corrected chi connectivity index (χ4v) is 4.70. The number of hydrogen-bond donors (Lipinski definition) is 0. The van der Waals surface area contributed by atoms with E-state index in [0.717, 1.165) is 50.4 Å². The zero-order valence-corrected chi connectivity index (χ0v) is 16.0. The standard InChI is InChI=1S/C20H30N4O2/c1-23(2)19-21-14-16-7-12-26-20(18(16)22-19)8-10-24(11-9-20)17(25)13-15-5-3-4-6-15/h14-15H,3-13H2,1-2H3. The number of anilines is 1. The Balaban J connectivity index is 1.47. The van der Waals surface area contributed by atoms with Crippen molar-refractivity contribution in [2.75, 3.05) is 38.7 Å². The van der Waals surface area contributed by atoms with Crippen molar-refractivity contribution in [3.8, 4) is 0 Å². The lowest BCUT2D eigenvalue weighted by molar-refractivity contribution is -0.142. The Kier molecular flexibility index (Phi) is 4.86. The van der Waals surface area contributed by atoms with Crippen molar-refractivity contribution in [3.05, 3.63) is 17.5 Å². The molecule has 6 heteroatoms. The highest BCUT2D eigenvalue weighted by Crippen LogP contribution is 2.41. The average Bonchev–Trinajstić information content (AvgIpc) is 3.15. The smallest absolute Gasteiger partial charge is 0.225 e. The van der Waals surface area contributed by atoms with E-state index in [1.165, 1.54) is 31.2 Å². The number of aromatic nitrogens is 2. The minimum Gasteiger partial charge on any atom is -0.368 e. The SMILES string of the molecule is CN(C)c1ncc2c(n1)C1(CCN(C(=O)CC3CCCC3)CC1)OCC2. The molecule has 0 atom stereocenters. The molecule has 3 heterocycles. The van der Waals surface area contributed by atoms with Gasteiger partial charge in [0.2, 0.25) is 11.9 Å². The highest BCUT2D eigenvalue weighted by atomic mass is 16.5. The third kappa shape index (κ3) is 3.31. The molecular weight excluding hydrogens is 328 g/mol. The lowest BCUT2D eigenvalue weighted by atomic mass is 9.83.